The summed E-state index contributed by atoms with van der Waals surface area (Å²) in [6.45, 7) is 0. The summed E-state index contributed by atoms with van der Waals surface area (Å²) in [6, 6.07) is 34.1. The highest BCUT2D eigenvalue weighted by Crippen LogP contribution is 2.47. The number of hydrogen-bond acceptors (Lipinski definition) is 2. The van der Waals surface area contributed by atoms with Crippen molar-refractivity contribution < 1.29 is 4.74 Å². The van der Waals surface area contributed by atoms with Crippen LogP contribution in [0.15, 0.2) is 109 Å². The number of rotatable bonds is 4. The van der Waals surface area contributed by atoms with Crippen molar-refractivity contribution in [3.63, 3.8) is 0 Å². The van der Waals surface area contributed by atoms with Gasteiger partial charge in [0.05, 0.1) is 13.2 Å². The fraction of sp³-hybridized carbons (Fsp3) is 0.0690. The van der Waals surface area contributed by atoms with Crippen LogP contribution in [-0.2, 0) is 0 Å². The Labute approximate surface area is 187 Å². The number of methoxy groups -OCH3 is 1. The van der Waals surface area contributed by atoms with Crippen LogP contribution in [0.2, 0.25) is 0 Å². The first-order valence-electron chi connectivity index (χ1n) is 10.8. The van der Waals surface area contributed by atoms with Gasteiger partial charge in [0.25, 0.3) is 0 Å². The second-order valence-corrected chi connectivity index (χ2v) is 8.01. The lowest BCUT2D eigenvalue weighted by Crippen LogP contribution is -2.10. The van der Waals surface area contributed by atoms with Gasteiger partial charge in [-0.05, 0) is 51.6 Å². The summed E-state index contributed by atoms with van der Waals surface area (Å²) < 4.78 is 7.88. The van der Waals surface area contributed by atoms with Crippen LogP contribution in [0.4, 0.5) is 0 Å². The van der Waals surface area contributed by atoms with Crippen LogP contribution in [0.1, 0.15) is 17.2 Å². The van der Waals surface area contributed by atoms with E-state index in [-0.39, 0.29) is 6.04 Å². The zero-order valence-corrected chi connectivity index (χ0v) is 17.8. The molecule has 0 unspecified atom stereocenters. The maximum absolute atomic E-state index is 5.58. The van der Waals surface area contributed by atoms with Crippen LogP contribution in [0, 0.1) is 0 Å². The number of fused-ring (bicyclic) bond motifs is 3. The molecular weight excluding hydrogens is 392 g/mol. The Kier molecular flexibility index (Phi) is 4.39. The molecule has 0 saturated heterocycles. The van der Waals surface area contributed by atoms with E-state index >= 15 is 0 Å². The standard InChI is InChI=1S/C29H22N2O/c1-32-21-15-16-22(20-9-3-2-4-10-20)27(19-21)29-30-17-18-31(29)28-25-13-7-5-11-23(25)24-12-6-8-14-26(24)28/h2-19,28H,1H3. The predicted molar refractivity (Wildman–Crippen MR) is 129 cm³/mol. The summed E-state index contributed by atoms with van der Waals surface area (Å²) in [5.41, 5.74) is 8.55. The zero-order chi connectivity index (χ0) is 21.5. The largest absolute Gasteiger partial charge is 0.497 e. The molecule has 0 N–H and O–H groups in total. The van der Waals surface area contributed by atoms with Crippen LogP contribution in [-0.4, -0.2) is 16.7 Å². The molecule has 3 heteroatoms. The van der Waals surface area contributed by atoms with E-state index in [0.29, 0.717) is 0 Å². The van der Waals surface area contributed by atoms with Crippen molar-refractivity contribution >= 4 is 0 Å². The van der Waals surface area contributed by atoms with Crippen LogP contribution in [0.25, 0.3) is 33.6 Å². The minimum atomic E-state index is 0.0784. The van der Waals surface area contributed by atoms with Gasteiger partial charge in [0.2, 0.25) is 0 Å². The lowest BCUT2D eigenvalue weighted by Gasteiger charge is -2.20. The van der Waals surface area contributed by atoms with Crippen LogP contribution < -0.4 is 4.74 Å². The van der Waals surface area contributed by atoms with Gasteiger partial charge in [0.15, 0.2) is 0 Å². The molecule has 32 heavy (non-hydrogen) atoms. The van der Waals surface area contributed by atoms with Gasteiger partial charge >= 0.3 is 0 Å². The van der Waals surface area contributed by atoms with Crippen molar-refractivity contribution in [2.75, 3.05) is 7.11 Å². The first-order chi connectivity index (χ1) is 15.8. The monoisotopic (exact) mass is 414 g/mol. The third kappa shape index (κ3) is 2.86. The third-order valence-electron chi connectivity index (χ3n) is 6.30. The molecule has 0 fully saturated rings. The molecule has 0 aliphatic heterocycles. The number of nitrogens with zero attached hydrogens (tertiary/aromatic N) is 2. The molecule has 0 atom stereocenters. The van der Waals surface area contributed by atoms with Crippen LogP contribution in [0.3, 0.4) is 0 Å². The molecule has 0 radical (unpaired) electrons. The maximum atomic E-state index is 5.58. The lowest BCUT2D eigenvalue weighted by atomic mass is 9.98. The molecule has 1 aromatic heterocycles. The Morgan fingerprint density at radius 3 is 2.03 bits per heavy atom. The molecule has 4 aromatic carbocycles. The Balaban J connectivity index is 1.58. The second-order valence-electron chi connectivity index (χ2n) is 8.01. The van der Waals surface area contributed by atoms with Crippen molar-refractivity contribution in [1.29, 1.82) is 0 Å². The van der Waals surface area contributed by atoms with Gasteiger partial charge < -0.3 is 9.30 Å². The Morgan fingerprint density at radius 2 is 1.34 bits per heavy atom. The molecule has 5 aromatic rings. The predicted octanol–water partition coefficient (Wildman–Crippen LogP) is 6.84. The van der Waals surface area contributed by atoms with E-state index in [2.05, 4.69) is 95.7 Å². The van der Waals surface area contributed by atoms with Gasteiger partial charge in [0, 0.05) is 18.0 Å². The first-order valence-corrected chi connectivity index (χ1v) is 10.8. The van der Waals surface area contributed by atoms with Gasteiger partial charge in [-0.2, -0.15) is 0 Å². The highest BCUT2D eigenvalue weighted by molar-refractivity contribution is 5.83. The van der Waals surface area contributed by atoms with Crippen molar-refractivity contribution in [2.45, 2.75) is 6.04 Å². The average Bonchev–Trinajstić information content (AvgIpc) is 3.46. The van der Waals surface area contributed by atoms with Gasteiger partial charge in [-0.25, -0.2) is 4.98 Å². The summed E-state index contributed by atoms with van der Waals surface area (Å²) in [7, 11) is 1.71. The van der Waals surface area contributed by atoms with E-state index in [1.54, 1.807) is 7.11 Å². The molecule has 0 spiro atoms. The summed E-state index contributed by atoms with van der Waals surface area (Å²) in [4.78, 5) is 4.85. The second kappa shape index (κ2) is 7.54. The summed E-state index contributed by atoms with van der Waals surface area (Å²) in [6.07, 6.45) is 3.99. The van der Waals surface area contributed by atoms with Gasteiger partial charge in [0.1, 0.15) is 11.6 Å². The number of imidazole rings is 1. The van der Waals surface area contributed by atoms with Crippen molar-refractivity contribution in [3.8, 4) is 39.4 Å². The number of aromatic nitrogens is 2. The lowest BCUT2D eigenvalue weighted by molar-refractivity contribution is 0.415. The topological polar surface area (TPSA) is 27.1 Å². The minimum absolute atomic E-state index is 0.0784. The highest BCUT2D eigenvalue weighted by atomic mass is 16.5. The van der Waals surface area contributed by atoms with Crippen molar-refractivity contribution in [2.24, 2.45) is 0 Å². The van der Waals surface area contributed by atoms with Gasteiger partial charge in [-0.3, -0.25) is 0 Å². The summed E-state index contributed by atoms with van der Waals surface area (Å²) in [5.74, 6) is 1.75. The normalized spacial score (nSPS) is 12.4. The molecule has 0 saturated carbocycles. The van der Waals surface area contributed by atoms with Gasteiger partial charge in [-0.15, -0.1) is 0 Å². The third-order valence-corrected chi connectivity index (χ3v) is 6.30. The van der Waals surface area contributed by atoms with E-state index in [4.69, 9.17) is 9.72 Å². The van der Waals surface area contributed by atoms with Crippen molar-refractivity contribution in [3.05, 3.63) is 121 Å². The quantitative estimate of drug-likeness (QED) is 0.316. The first kappa shape index (κ1) is 18.6. The Bertz CT molecular complexity index is 1370. The molecule has 1 aliphatic carbocycles. The minimum Gasteiger partial charge on any atom is -0.497 e. The molecule has 0 bridgehead atoms. The molecule has 6 rings (SSSR count). The molecular formula is C29H22N2O. The van der Waals surface area contributed by atoms with E-state index < -0.39 is 0 Å². The fourth-order valence-corrected chi connectivity index (χ4v) is 4.86. The van der Waals surface area contributed by atoms with E-state index in [1.165, 1.54) is 22.3 Å². The van der Waals surface area contributed by atoms with Crippen LogP contribution >= 0.6 is 0 Å². The maximum Gasteiger partial charge on any atom is 0.141 e. The summed E-state index contributed by atoms with van der Waals surface area (Å²) >= 11 is 0. The highest BCUT2D eigenvalue weighted by Gasteiger charge is 2.31. The molecule has 154 valence electrons. The fourth-order valence-electron chi connectivity index (χ4n) is 4.86. The molecule has 1 heterocycles. The average molecular weight is 415 g/mol. The number of benzene rings is 4. The Morgan fingerprint density at radius 1 is 0.688 bits per heavy atom. The van der Waals surface area contributed by atoms with E-state index in [1.807, 2.05) is 18.3 Å². The SMILES string of the molecule is COc1ccc(-c2ccccc2)c(-c2nccn2C2c3ccccc3-c3ccccc32)c1. The van der Waals surface area contributed by atoms with Crippen LogP contribution in [0.5, 0.6) is 5.75 Å². The molecule has 0 amide bonds. The summed E-state index contributed by atoms with van der Waals surface area (Å²) in [5, 5.41) is 0. The van der Waals surface area contributed by atoms with Crippen molar-refractivity contribution in [1.82, 2.24) is 9.55 Å². The van der Waals surface area contributed by atoms with E-state index in [9.17, 15) is 0 Å². The number of ether oxygens (including phenoxy) is 1. The number of hydrogen-bond donors (Lipinski definition) is 0. The zero-order valence-electron chi connectivity index (χ0n) is 17.8. The van der Waals surface area contributed by atoms with Gasteiger partial charge in [-0.1, -0.05) is 78.9 Å². The van der Waals surface area contributed by atoms with E-state index in [0.717, 1.165) is 28.3 Å². The smallest absolute Gasteiger partial charge is 0.141 e. The Hall–Kier alpha value is -4.11. The molecule has 3 nitrogen and oxygen atoms in total. The molecule has 1 aliphatic rings.